The Morgan fingerprint density at radius 1 is 0.765 bits per heavy atom. The van der Waals surface area contributed by atoms with E-state index in [1.54, 1.807) is 0 Å². The summed E-state index contributed by atoms with van der Waals surface area (Å²) in [5.74, 6) is 0.522. The van der Waals surface area contributed by atoms with Gasteiger partial charge in [-0.25, -0.2) is 6.08 Å². The van der Waals surface area contributed by atoms with E-state index in [0.29, 0.717) is 11.3 Å². The van der Waals surface area contributed by atoms with Gasteiger partial charge in [-0.05, 0) is 28.4 Å². The number of hydrogen-bond acceptors (Lipinski definition) is 0. The zero-order valence-electron chi connectivity index (χ0n) is 22.6. The van der Waals surface area contributed by atoms with Crippen molar-refractivity contribution in [1.29, 1.82) is 0 Å². The van der Waals surface area contributed by atoms with Gasteiger partial charge in [0.25, 0.3) is 0 Å². The Hall–Kier alpha value is -0.617. The maximum atomic E-state index is 3.67. The largest absolute Gasteiger partial charge is 4.00 e. The van der Waals surface area contributed by atoms with Crippen LogP contribution in [0.4, 0.5) is 0 Å². The number of allylic oxidation sites excluding steroid dienone is 4. The third-order valence-electron chi connectivity index (χ3n) is 6.26. The predicted octanol–water partition coefficient (Wildman–Crippen LogP) is 2.63. The Balaban J connectivity index is 0.000000721. The number of halogens is 2. The first-order chi connectivity index (χ1) is 14.2. The van der Waals surface area contributed by atoms with Crippen LogP contribution in [0.3, 0.4) is 0 Å². The normalized spacial score (nSPS) is 16.1. The molecule has 34 heavy (non-hydrogen) atoms. The molecule has 0 amide bonds. The summed E-state index contributed by atoms with van der Waals surface area (Å²) >= 11 is 0. The van der Waals surface area contributed by atoms with E-state index in [-0.39, 0.29) is 61.8 Å². The Morgan fingerprint density at radius 2 is 1.35 bits per heavy atom. The minimum atomic E-state index is 0. The van der Waals surface area contributed by atoms with Crippen LogP contribution < -0.4 is 24.8 Å². The first-order valence-corrected chi connectivity index (χ1v) is 11.7. The third kappa shape index (κ3) is 7.95. The third-order valence-corrected chi connectivity index (χ3v) is 6.26. The van der Waals surface area contributed by atoms with Crippen molar-refractivity contribution in [3.63, 3.8) is 0 Å². The van der Waals surface area contributed by atoms with Crippen LogP contribution in [0.5, 0.6) is 0 Å². The second-order valence-corrected chi connectivity index (χ2v) is 12.3. The molecule has 0 spiro atoms. The molecule has 0 aliphatic heterocycles. The smallest absolute Gasteiger partial charge is 1.00 e. The maximum absolute atomic E-state index is 3.67. The van der Waals surface area contributed by atoms with Gasteiger partial charge in [0.1, 0.15) is 0 Å². The maximum Gasteiger partial charge on any atom is 4.00 e. The van der Waals surface area contributed by atoms with Crippen molar-refractivity contribution < 1.29 is 51.0 Å². The minimum Gasteiger partial charge on any atom is -1.00 e. The molecule has 0 heterocycles. The van der Waals surface area contributed by atoms with Gasteiger partial charge in [0.15, 0.2) is 0 Å². The van der Waals surface area contributed by atoms with Gasteiger partial charge in [0.05, 0.1) is 0 Å². The fraction of sp³-hybridized carbons (Fsp3) is 0.484. The number of benzene rings is 2. The van der Waals surface area contributed by atoms with Crippen LogP contribution in [0.1, 0.15) is 91.5 Å². The second-order valence-electron chi connectivity index (χ2n) is 12.3. The van der Waals surface area contributed by atoms with Gasteiger partial charge in [-0.2, -0.15) is 35.4 Å². The van der Waals surface area contributed by atoms with Crippen LogP contribution in [0.2, 0.25) is 0 Å². The van der Waals surface area contributed by atoms with Gasteiger partial charge < -0.3 is 24.8 Å². The molecular formula is C31H40Cl2Zr. The molecule has 0 saturated heterocycles. The summed E-state index contributed by atoms with van der Waals surface area (Å²) in [7, 11) is 0. The number of hydrogen-bond donors (Lipinski definition) is 0. The van der Waals surface area contributed by atoms with E-state index >= 15 is 0 Å². The molecule has 2 aliphatic carbocycles. The minimum absolute atomic E-state index is 0. The molecule has 0 aromatic heterocycles. The van der Waals surface area contributed by atoms with Crippen LogP contribution in [0.25, 0.3) is 11.1 Å². The van der Waals surface area contributed by atoms with E-state index in [4.69, 9.17) is 0 Å². The van der Waals surface area contributed by atoms with E-state index < -0.39 is 0 Å². The Labute approximate surface area is 241 Å². The van der Waals surface area contributed by atoms with Crippen molar-refractivity contribution in [3.8, 4) is 11.1 Å². The topological polar surface area (TPSA) is 0 Å². The van der Waals surface area contributed by atoms with Gasteiger partial charge in [0, 0.05) is 0 Å². The first-order valence-electron chi connectivity index (χ1n) is 11.7. The number of rotatable bonds is 0. The summed E-state index contributed by atoms with van der Waals surface area (Å²) in [4.78, 5) is 0. The van der Waals surface area contributed by atoms with E-state index in [1.165, 1.54) is 39.0 Å². The average molecular weight is 575 g/mol. The fourth-order valence-electron chi connectivity index (χ4n) is 4.08. The monoisotopic (exact) mass is 572 g/mol. The van der Waals surface area contributed by atoms with Crippen LogP contribution in [-0.4, -0.2) is 0 Å². The summed E-state index contributed by atoms with van der Waals surface area (Å²) in [5, 5.41) is 0. The first kappa shape index (κ1) is 33.4. The van der Waals surface area contributed by atoms with Gasteiger partial charge in [0.2, 0.25) is 0 Å². The van der Waals surface area contributed by atoms with Crippen LogP contribution in [-0.2, 0) is 43.5 Å². The molecule has 1 unspecified atom stereocenters. The van der Waals surface area contributed by atoms with Crippen molar-refractivity contribution in [2.24, 2.45) is 11.3 Å². The molecule has 0 saturated carbocycles. The van der Waals surface area contributed by atoms with Crippen LogP contribution >= 0.6 is 0 Å². The molecule has 0 N–H and O–H groups in total. The van der Waals surface area contributed by atoms with Crippen molar-refractivity contribution in [2.45, 2.75) is 86.5 Å². The average Bonchev–Trinajstić information content (AvgIpc) is 3.22. The predicted molar refractivity (Wildman–Crippen MR) is 135 cm³/mol. The molecule has 182 valence electrons. The van der Waals surface area contributed by atoms with Gasteiger partial charge in [-0.3, -0.25) is 6.08 Å². The van der Waals surface area contributed by atoms with Crippen molar-refractivity contribution in [1.82, 2.24) is 0 Å². The van der Waals surface area contributed by atoms with E-state index in [2.05, 4.69) is 124 Å². The zero-order chi connectivity index (χ0) is 23.2. The molecule has 0 radical (unpaired) electrons. The molecule has 2 aromatic carbocycles. The fourth-order valence-corrected chi connectivity index (χ4v) is 4.08. The van der Waals surface area contributed by atoms with Crippen molar-refractivity contribution >= 4 is 0 Å². The summed E-state index contributed by atoms with van der Waals surface area (Å²) in [6.07, 6.45) is 8.68. The SMILES string of the molecule is CC(C)(C)c1[c-]c2c(cc1)-c1ccc(C(C)(C)C)cc1C2.CC1[C-]=CC(C(C)(C)C)=C1.[Cl-].[Cl-].[Zr+4]. The summed E-state index contributed by atoms with van der Waals surface area (Å²) < 4.78 is 0. The molecular weight excluding hydrogens is 534 g/mol. The van der Waals surface area contributed by atoms with Crippen molar-refractivity contribution in [3.05, 3.63) is 82.5 Å². The standard InChI is InChI=1S/C21H25.C10H15.2ClH.Zr/c1-20(2,3)16-7-9-18-14(12-16)11-15-13-17(21(4,5)6)8-10-19(15)18;1-8-5-6-9(7-8)10(2,3)4;;;/h7-10,12H,11H2,1-6H3;6-8H,1-4H3;2*1H;/q2*-1;;;+4/p-2. The van der Waals surface area contributed by atoms with Crippen LogP contribution in [0, 0.1) is 23.5 Å². The van der Waals surface area contributed by atoms with E-state index in [1.807, 2.05) is 0 Å². The molecule has 1 atom stereocenters. The number of fused-ring (bicyclic) bond motifs is 3. The quantitative estimate of drug-likeness (QED) is 0.363. The molecule has 2 aliphatic rings. The van der Waals surface area contributed by atoms with Gasteiger partial charge in [-0.1, -0.05) is 104 Å². The van der Waals surface area contributed by atoms with E-state index in [0.717, 1.165) is 6.42 Å². The molecule has 3 heteroatoms. The summed E-state index contributed by atoms with van der Waals surface area (Å²) in [6.45, 7) is 22.5. The Bertz CT molecular complexity index is 963. The Morgan fingerprint density at radius 3 is 1.79 bits per heavy atom. The van der Waals surface area contributed by atoms with Gasteiger partial charge >= 0.3 is 26.2 Å². The molecule has 0 fully saturated rings. The van der Waals surface area contributed by atoms with E-state index in [9.17, 15) is 0 Å². The zero-order valence-corrected chi connectivity index (χ0v) is 26.6. The second kappa shape index (κ2) is 12.1. The van der Waals surface area contributed by atoms with Crippen LogP contribution in [0.15, 0.2) is 48.1 Å². The van der Waals surface area contributed by atoms with Crippen molar-refractivity contribution in [2.75, 3.05) is 0 Å². The van der Waals surface area contributed by atoms with Gasteiger partial charge in [-0.15, -0.1) is 11.1 Å². The summed E-state index contributed by atoms with van der Waals surface area (Å²) in [6, 6.07) is 15.2. The molecule has 0 bridgehead atoms. The Kier molecular flexibility index (Phi) is 11.9. The summed E-state index contributed by atoms with van der Waals surface area (Å²) in [5.41, 5.74) is 10.4. The molecule has 0 nitrogen and oxygen atoms in total. The molecule has 4 rings (SSSR count). The molecule has 2 aromatic rings.